The quantitative estimate of drug-likeness (QED) is 0.248. The van der Waals surface area contributed by atoms with Gasteiger partial charge in [-0.1, -0.05) is 36.1 Å². The number of fused-ring (bicyclic) bond motifs is 7. The molecule has 0 spiro atoms. The van der Waals surface area contributed by atoms with Crippen LogP contribution in [0.4, 0.5) is 0 Å². The van der Waals surface area contributed by atoms with Crippen LogP contribution in [0.2, 0.25) is 0 Å². The molecule has 0 fully saturated rings. The molecule has 0 amide bonds. The van der Waals surface area contributed by atoms with Crippen LogP contribution in [0.25, 0.3) is 43.5 Å². The highest BCUT2D eigenvalue weighted by Gasteiger charge is 2.12. The fourth-order valence-corrected chi connectivity index (χ4v) is 3.63. The van der Waals surface area contributed by atoms with Crippen molar-refractivity contribution in [3.63, 3.8) is 0 Å². The molecule has 26 heavy (non-hydrogen) atoms. The second-order valence-corrected chi connectivity index (χ2v) is 6.18. The van der Waals surface area contributed by atoms with Crippen LogP contribution in [-0.4, -0.2) is 0 Å². The van der Waals surface area contributed by atoms with Gasteiger partial charge < -0.3 is 8.83 Å². The van der Waals surface area contributed by atoms with Gasteiger partial charge >= 0.3 is 0 Å². The second-order valence-electron chi connectivity index (χ2n) is 6.18. The van der Waals surface area contributed by atoms with Crippen LogP contribution in [0.15, 0.2) is 57.4 Å². The minimum Gasteiger partial charge on any atom is -0.448 e. The molecule has 122 valence electrons. The highest BCUT2D eigenvalue weighted by Crippen LogP contribution is 2.36. The topological polar surface area (TPSA) is 26.3 Å². The summed E-state index contributed by atoms with van der Waals surface area (Å²) in [5.74, 6) is 13.2. The molecule has 0 N–H and O–H groups in total. The van der Waals surface area contributed by atoms with Gasteiger partial charge in [-0.15, -0.1) is 0 Å². The van der Waals surface area contributed by atoms with Crippen LogP contribution in [-0.2, 0) is 0 Å². The number of furan rings is 2. The van der Waals surface area contributed by atoms with Crippen LogP contribution >= 0.6 is 0 Å². The number of hydrogen-bond acceptors (Lipinski definition) is 2. The smallest absolute Gasteiger partial charge is 0.178 e. The summed E-state index contributed by atoms with van der Waals surface area (Å²) in [5.41, 5.74) is 1.72. The Morgan fingerprint density at radius 1 is 0.538 bits per heavy atom. The van der Waals surface area contributed by atoms with Crippen molar-refractivity contribution in [1.82, 2.24) is 0 Å². The van der Waals surface area contributed by atoms with E-state index in [1.54, 1.807) is 0 Å². The lowest BCUT2D eigenvalue weighted by atomic mass is 9.98. The number of hydrogen-bond donors (Lipinski definition) is 0. The summed E-state index contributed by atoms with van der Waals surface area (Å²) in [7, 11) is 0. The van der Waals surface area contributed by atoms with E-state index in [4.69, 9.17) is 8.83 Å². The van der Waals surface area contributed by atoms with E-state index in [0.717, 1.165) is 21.9 Å². The Labute approximate surface area is 150 Å². The molecule has 2 heterocycles. The standard InChI is InChI=1S/C24H14O2/c1-3-5-15-13-21-19-7-8-20-18(17(19)9-11-23(21)25-15)10-12-24-22(20)14-16(26-24)6-4-2/h7-14H,1-2H3. The number of rotatable bonds is 0. The summed E-state index contributed by atoms with van der Waals surface area (Å²) in [4.78, 5) is 0. The van der Waals surface area contributed by atoms with Gasteiger partial charge in [-0.2, -0.15) is 0 Å². The van der Waals surface area contributed by atoms with E-state index >= 15 is 0 Å². The van der Waals surface area contributed by atoms with Crippen molar-refractivity contribution >= 4 is 43.5 Å². The van der Waals surface area contributed by atoms with E-state index in [9.17, 15) is 0 Å². The molecule has 0 aliphatic rings. The summed E-state index contributed by atoms with van der Waals surface area (Å²) in [6.07, 6.45) is 0. The maximum Gasteiger partial charge on any atom is 0.178 e. The molecule has 5 aromatic rings. The maximum atomic E-state index is 5.83. The third kappa shape index (κ3) is 2.03. The van der Waals surface area contributed by atoms with E-state index in [-0.39, 0.29) is 0 Å². The maximum absolute atomic E-state index is 5.83. The molecule has 2 heteroatoms. The first-order chi connectivity index (χ1) is 12.8. The predicted molar refractivity (Wildman–Crippen MR) is 106 cm³/mol. The van der Waals surface area contributed by atoms with E-state index in [1.807, 2.05) is 38.1 Å². The molecule has 2 nitrogen and oxygen atoms in total. The molecular formula is C24H14O2. The average Bonchev–Trinajstić information content (AvgIpc) is 3.24. The molecular weight excluding hydrogens is 320 g/mol. The minimum atomic E-state index is 0.697. The molecule has 0 atom stereocenters. The van der Waals surface area contributed by atoms with Crippen LogP contribution in [0, 0.1) is 23.7 Å². The molecule has 2 aromatic heterocycles. The fourth-order valence-electron chi connectivity index (χ4n) is 3.63. The Morgan fingerprint density at radius 2 is 0.923 bits per heavy atom. The van der Waals surface area contributed by atoms with Crippen molar-refractivity contribution < 1.29 is 8.83 Å². The van der Waals surface area contributed by atoms with Crippen molar-refractivity contribution in [2.45, 2.75) is 13.8 Å². The summed E-state index contributed by atoms with van der Waals surface area (Å²) in [6, 6.07) is 16.6. The molecule has 3 aromatic carbocycles. The normalized spacial score (nSPS) is 10.8. The average molecular weight is 334 g/mol. The zero-order chi connectivity index (χ0) is 17.7. The first-order valence-electron chi connectivity index (χ1n) is 8.45. The monoisotopic (exact) mass is 334 g/mol. The summed E-state index contributed by atoms with van der Waals surface area (Å²) in [6.45, 7) is 3.62. The lowest BCUT2D eigenvalue weighted by Crippen LogP contribution is -1.79. The van der Waals surface area contributed by atoms with Crippen LogP contribution in [0.5, 0.6) is 0 Å². The first kappa shape index (κ1) is 14.7. The van der Waals surface area contributed by atoms with E-state index in [1.165, 1.54) is 21.5 Å². The third-order valence-corrected chi connectivity index (χ3v) is 4.69. The Kier molecular flexibility index (Phi) is 3.08. The Balaban J connectivity index is 1.88. The summed E-state index contributed by atoms with van der Waals surface area (Å²) < 4.78 is 11.7. The largest absolute Gasteiger partial charge is 0.448 e. The Hall–Kier alpha value is -3.62. The highest BCUT2D eigenvalue weighted by molar-refractivity contribution is 6.21. The minimum absolute atomic E-state index is 0.697. The van der Waals surface area contributed by atoms with Gasteiger partial charge in [0.1, 0.15) is 11.2 Å². The molecule has 0 unspecified atom stereocenters. The van der Waals surface area contributed by atoms with Crippen molar-refractivity contribution in [1.29, 1.82) is 0 Å². The van der Waals surface area contributed by atoms with Gasteiger partial charge in [0.25, 0.3) is 0 Å². The third-order valence-electron chi connectivity index (χ3n) is 4.69. The molecule has 0 aliphatic heterocycles. The zero-order valence-electron chi connectivity index (χ0n) is 14.4. The van der Waals surface area contributed by atoms with Gasteiger partial charge in [0, 0.05) is 22.9 Å². The molecule has 0 aliphatic carbocycles. The SMILES string of the molecule is CC#Cc1cc2c(ccc3c2ccc2c4cc(C#CC)oc4ccc23)o1. The number of benzene rings is 3. The Morgan fingerprint density at radius 3 is 1.35 bits per heavy atom. The van der Waals surface area contributed by atoms with Crippen molar-refractivity contribution in [2.24, 2.45) is 0 Å². The van der Waals surface area contributed by atoms with Crippen LogP contribution < -0.4 is 0 Å². The van der Waals surface area contributed by atoms with Gasteiger partial charge in [-0.3, -0.25) is 0 Å². The van der Waals surface area contributed by atoms with Crippen molar-refractivity contribution in [3.05, 3.63) is 60.1 Å². The van der Waals surface area contributed by atoms with Gasteiger partial charge in [-0.25, -0.2) is 0 Å². The Bertz CT molecular complexity index is 1340. The van der Waals surface area contributed by atoms with Gasteiger partial charge in [0.15, 0.2) is 11.5 Å². The summed E-state index contributed by atoms with van der Waals surface area (Å²) >= 11 is 0. The van der Waals surface area contributed by atoms with Gasteiger partial charge in [0.2, 0.25) is 0 Å². The molecule has 5 rings (SSSR count). The summed E-state index contributed by atoms with van der Waals surface area (Å²) in [5, 5.41) is 6.90. The van der Waals surface area contributed by atoms with E-state index < -0.39 is 0 Å². The van der Waals surface area contributed by atoms with Crippen molar-refractivity contribution in [2.75, 3.05) is 0 Å². The molecule has 0 saturated heterocycles. The first-order valence-corrected chi connectivity index (χ1v) is 8.45. The van der Waals surface area contributed by atoms with E-state index in [0.29, 0.717) is 11.5 Å². The highest BCUT2D eigenvalue weighted by atomic mass is 16.3. The molecule has 0 saturated carbocycles. The molecule has 0 radical (unpaired) electrons. The van der Waals surface area contributed by atoms with E-state index in [2.05, 4.69) is 47.9 Å². The lowest BCUT2D eigenvalue weighted by molar-refractivity contribution is 0.601. The van der Waals surface area contributed by atoms with Gasteiger partial charge in [-0.05, 0) is 59.4 Å². The van der Waals surface area contributed by atoms with Gasteiger partial charge in [0.05, 0.1) is 0 Å². The fraction of sp³-hybridized carbons (Fsp3) is 0.0833. The zero-order valence-corrected chi connectivity index (χ0v) is 14.4. The van der Waals surface area contributed by atoms with Crippen molar-refractivity contribution in [3.8, 4) is 23.7 Å². The molecule has 0 bridgehead atoms. The lowest BCUT2D eigenvalue weighted by Gasteiger charge is -2.05. The van der Waals surface area contributed by atoms with Crippen LogP contribution in [0.1, 0.15) is 25.4 Å². The van der Waals surface area contributed by atoms with Crippen LogP contribution in [0.3, 0.4) is 0 Å². The second kappa shape index (κ2) is 5.45. The predicted octanol–water partition coefficient (Wildman–Crippen LogP) is 6.23.